The number of rotatable bonds is 2. The molecule has 84 valence electrons. The Morgan fingerprint density at radius 3 is 1.94 bits per heavy atom. The summed E-state index contributed by atoms with van der Waals surface area (Å²) in [5, 5.41) is 19.2. The smallest absolute Gasteiger partial charge is 0.231 e. The van der Waals surface area contributed by atoms with Crippen molar-refractivity contribution in [3.05, 3.63) is 42.0 Å². The molecular formula is C11H12N2O3. The van der Waals surface area contributed by atoms with E-state index >= 15 is 0 Å². The zero-order chi connectivity index (χ0) is 12.6. The third-order valence-electron chi connectivity index (χ3n) is 1.22. The predicted molar refractivity (Wildman–Crippen MR) is 59.4 cm³/mol. The minimum atomic E-state index is 0.106. The molecule has 0 aliphatic heterocycles. The van der Waals surface area contributed by atoms with Crippen LogP contribution in [0.25, 0.3) is 6.08 Å². The maximum absolute atomic E-state index is 8.44. The highest BCUT2D eigenvalue weighted by Gasteiger charge is 1.79. The first-order valence-corrected chi connectivity index (χ1v) is 4.17. The summed E-state index contributed by atoms with van der Waals surface area (Å²) in [7, 11) is 0. The van der Waals surface area contributed by atoms with E-state index in [1.807, 2.05) is 36.4 Å². The number of benzene rings is 1. The Labute approximate surface area is 93.1 Å². The molecule has 0 aromatic heterocycles. The zero-order valence-electron chi connectivity index (χ0n) is 8.51. The highest BCUT2D eigenvalue weighted by Crippen LogP contribution is 1.99. The number of hydrogen-bond acceptors (Lipinski definition) is 5. The summed E-state index contributed by atoms with van der Waals surface area (Å²) >= 11 is 0. The molecule has 0 unspecified atom stereocenters. The number of isocyanates is 2. The molecule has 0 saturated heterocycles. The van der Waals surface area contributed by atoms with Crippen molar-refractivity contribution in [2.75, 3.05) is 6.61 Å². The Bertz CT molecular complexity index is 337. The summed E-state index contributed by atoms with van der Waals surface area (Å²) in [6.45, 7) is 0.106. The van der Waals surface area contributed by atoms with E-state index in [2.05, 4.69) is 0 Å². The van der Waals surface area contributed by atoms with Crippen molar-refractivity contribution in [2.24, 2.45) is 0 Å². The van der Waals surface area contributed by atoms with Gasteiger partial charge in [0.2, 0.25) is 12.2 Å². The van der Waals surface area contributed by atoms with Crippen molar-refractivity contribution >= 4 is 18.2 Å². The standard InChI is InChI=1S/C9H10O.2CHNO/c10-8-4-7-9-5-2-1-3-6-9;2*2-1-3/h1-7,10H,8H2;2*2H/b7-4+;;. The zero-order valence-corrected chi connectivity index (χ0v) is 8.51. The number of hydrogen-bond donors (Lipinski definition) is 3. The van der Waals surface area contributed by atoms with Gasteiger partial charge in [0.25, 0.3) is 0 Å². The van der Waals surface area contributed by atoms with Gasteiger partial charge in [-0.15, -0.1) is 0 Å². The molecule has 0 amide bonds. The minimum Gasteiger partial charge on any atom is -0.392 e. The second-order valence-electron chi connectivity index (χ2n) is 2.20. The topological polar surface area (TPSA) is 102 Å². The van der Waals surface area contributed by atoms with Gasteiger partial charge in [-0.1, -0.05) is 42.5 Å². The normalized spacial score (nSPS) is 7.56. The Hall–Kier alpha value is -2.32. The summed E-state index contributed by atoms with van der Waals surface area (Å²) in [5.74, 6) is 0. The fourth-order valence-electron chi connectivity index (χ4n) is 0.753. The second kappa shape index (κ2) is 15.2. The van der Waals surface area contributed by atoms with E-state index in [1.165, 1.54) is 0 Å². The molecule has 0 radical (unpaired) electrons. The number of carbonyl (C=O) groups excluding carboxylic acids is 2. The van der Waals surface area contributed by atoms with Gasteiger partial charge in [-0.25, -0.2) is 20.4 Å². The lowest BCUT2D eigenvalue weighted by atomic mass is 10.2. The summed E-state index contributed by atoms with van der Waals surface area (Å²) in [6, 6.07) is 9.89. The van der Waals surface area contributed by atoms with Gasteiger partial charge in [-0.3, -0.25) is 0 Å². The number of aliphatic hydroxyl groups excluding tert-OH is 1. The van der Waals surface area contributed by atoms with Crippen molar-refractivity contribution in [1.29, 1.82) is 10.8 Å². The molecule has 0 aliphatic rings. The summed E-state index contributed by atoms with van der Waals surface area (Å²) in [4.78, 5) is 16.7. The van der Waals surface area contributed by atoms with Gasteiger partial charge >= 0.3 is 0 Å². The van der Waals surface area contributed by atoms with Crippen LogP contribution in [0.1, 0.15) is 5.56 Å². The Balaban J connectivity index is 0. The average molecular weight is 220 g/mol. The summed E-state index contributed by atoms with van der Waals surface area (Å²) < 4.78 is 0. The first-order valence-electron chi connectivity index (χ1n) is 4.17. The molecule has 0 aliphatic carbocycles. The lowest BCUT2D eigenvalue weighted by Gasteiger charge is -1.88. The van der Waals surface area contributed by atoms with E-state index in [-0.39, 0.29) is 6.61 Å². The van der Waals surface area contributed by atoms with E-state index < -0.39 is 0 Å². The Kier molecular flexibility index (Phi) is 15.3. The minimum absolute atomic E-state index is 0.106. The van der Waals surface area contributed by atoms with E-state index in [0.717, 1.165) is 17.7 Å². The fraction of sp³-hybridized carbons (Fsp3) is 0.0909. The highest BCUT2D eigenvalue weighted by molar-refractivity contribution is 5.48. The van der Waals surface area contributed by atoms with Gasteiger partial charge in [-0.05, 0) is 5.56 Å². The molecule has 0 bridgehead atoms. The fourth-order valence-corrected chi connectivity index (χ4v) is 0.753. The molecule has 0 heterocycles. The van der Waals surface area contributed by atoms with Crippen molar-refractivity contribution in [1.82, 2.24) is 0 Å². The van der Waals surface area contributed by atoms with E-state index in [0.29, 0.717) is 0 Å². The number of aliphatic hydroxyl groups is 1. The first-order chi connectivity index (χ1) is 7.76. The van der Waals surface area contributed by atoms with E-state index in [9.17, 15) is 0 Å². The van der Waals surface area contributed by atoms with Gasteiger partial charge in [0.15, 0.2) is 0 Å². The molecule has 0 spiro atoms. The third kappa shape index (κ3) is 14.2. The van der Waals surface area contributed by atoms with E-state index in [4.69, 9.17) is 25.5 Å². The third-order valence-corrected chi connectivity index (χ3v) is 1.22. The van der Waals surface area contributed by atoms with Crippen molar-refractivity contribution in [2.45, 2.75) is 0 Å². The van der Waals surface area contributed by atoms with Crippen LogP contribution in [0.4, 0.5) is 0 Å². The van der Waals surface area contributed by atoms with Crippen molar-refractivity contribution in [3.8, 4) is 0 Å². The molecule has 0 saturated carbocycles. The first kappa shape index (κ1) is 16.1. The van der Waals surface area contributed by atoms with Crippen LogP contribution in [0.5, 0.6) is 0 Å². The van der Waals surface area contributed by atoms with Gasteiger partial charge in [0.1, 0.15) is 0 Å². The molecular weight excluding hydrogens is 208 g/mol. The van der Waals surface area contributed by atoms with Crippen LogP contribution < -0.4 is 0 Å². The highest BCUT2D eigenvalue weighted by atomic mass is 16.2. The number of nitrogens with one attached hydrogen (secondary N) is 2. The lowest BCUT2D eigenvalue weighted by Crippen LogP contribution is -1.72. The summed E-state index contributed by atoms with van der Waals surface area (Å²) in [5.41, 5.74) is 1.12. The van der Waals surface area contributed by atoms with Crippen LogP contribution in [-0.4, -0.2) is 23.9 Å². The monoisotopic (exact) mass is 220 g/mol. The Morgan fingerprint density at radius 1 is 1.12 bits per heavy atom. The van der Waals surface area contributed by atoms with Gasteiger partial charge < -0.3 is 5.11 Å². The van der Waals surface area contributed by atoms with Crippen LogP contribution in [0.15, 0.2) is 36.4 Å². The van der Waals surface area contributed by atoms with Gasteiger partial charge in [0, 0.05) is 0 Å². The van der Waals surface area contributed by atoms with Crippen molar-refractivity contribution < 1.29 is 14.7 Å². The van der Waals surface area contributed by atoms with Crippen LogP contribution >= 0.6 is 0 Å². The molecule has 1 aromatic rings. The lowest BCUT2D eigenvalue weighted by molar-refractivity contribution is 0.343. The van der Waals surface area contributed by atoms with Crippen LogP contribution in [-0.2, 0) is 9.59 Å². The summed E-state index contributed by atoms with van der Waals surface area (Å²) in [6.07, 6.45) is 5.11. The molecule has 16 heavy (non-hydrogen) atoms. The largest absolute Gasteiger partial charge is 0.392 e. The quantitative estimate of drug-likeness (QED) is 0.519. The molecule has 1 rings (SSSR count). The second-order valence-corrected chi connectivity index (χ2v) is 2.20. The van der Waals surface area contributed by atoms with Crippen LogP contribution in [0, 0.1) is 10.8 Å². The van der Waals surface area contributed by atoms with E-state index in [1.54, 1.807) is 6.08 Å². The van der Waals surface area contributed by atoms with Gasteiger partial charge in [-0.2, -0.15) is 0 Å². The molecule has 0 atom stereocenters. The average Bonchev–Trinajstić information content (AvgIpc) is 2.30. The molecule has 0 fully saturated rings. The van der Waals surface area contributed by atoms with Gasteiger partial charge in [0.05, 0.1) is 6.61 Å². The molecule has 5 heteroatoms. The maximum atomic E-state index is 8.44. The van der Waals surface area contributed by atoms with Crippen molar-refractivity contribution in [3.63, 3.8) is 0 Å². The van der Waals surface area contributed by atoms with Crippen LogP contribution in [0.2, 0.25) is 0 Å². The SMILES string of the molecule is N=C=O.N=C=O.OC/C=C/c1ccccc1. The molecule has 3 N–H and O–H groups in total. The maximum Gasteiger partial charge on any atom is 0.231 e. The predicted octanol–water partition coefficient (Wildman–Crippen LogP) is 1.49. The van der Waals surface area contributed by atoms with Crippen LogP contribution in [0.3, 0.4) is 0 Å². The Morgan fingerprint density at radius 2 is 1.56 bits per heavy atom. The molecule has 1 aromatic carbocycles. The molecule has 5 nitrogen and oxygen atoms in total.